The first kappa shape index (κ1) is 24.0. The van der Waals surface area contributed by atoms with E-state index in [4.69, 9.17) is 21.4 Å². The molecule has 0 amide bonds. The maximum atomic E-state index is 14.6. The van der Waals surface area contributed by atoms with Gasteiger partial charge in [0.15, 0.2) is 0 Å². The van der Waals surface area contributed by atoms with Gasteiger partial charge in [-0.3, -0.25) is 19.1 Å². The van der Waals surface area contributed by atoms with E-state index in [1.807, 2.05) is 0 Å². The quantitative estimate of drug-likeness (QED) is 0.533. The molecular weight excluding hydrogens is 474 g/mol. The van der Waals surface area contributed by atoms with Crippen molar-refractivity contribution >= 4 is 17.6 Å². The molecule has 0 saturated heterocycles. The third-order valence-electron chi connectivity index (χ3n) is 4.50. The molecule has 0 bridgehead atoms. The van der Waals surface area contributed by atoms with Crippen LogP contribution in [0.15, 0.2) is 46.1 Å². The van der Waals surface area contributed by atoms with E-state index in [9.17, 15) is 31.9 Å². The first-order chi connectivity index (χ1) is 15.4. The van der Waals surface area contributed by atoms with Crippen LogP contribution in [0.4, 0.5) is 17.6 Å². The number of aryl methyl sites for hydroxylation is 1. The van der Waals surface area contributed by atoms with E-state index >= 15 is 0 Å². The smallest absolute Gasteiger partial charge is 0.431 e. The lowest BCUT2D eigenvalue weighted by Crippen LogP contribution is -2.41. The fourth-order valence-electron chi connectivity index (χ4n) is 2.94. The molecule has 1 aromatic carbocycles. The van der Waals surface area contributed by atoms with Gasteiger partial charge in [0.1, 0.15) is 23.0 Å². The predicted molar refractivity (Wildman–Crippen MR) is 108 cm³/mol. The molecule has 0 spiro atoms. The Hall–Kier alpha value is -3.67. The SMILES string of the molecule is Cn1c(C(F)(F)F)cc(=O)n(-c2cc(Oc3cccnc3CCC(=O)O)c(Cl)cc2F)c1=O. The summed E-state index contributed by atoms with van der Waals surface area (Å²) in [4.78, 5) is 39.7. The number of halogens is 5. The molecule has 0 atom stereocenters. The molecule has 3 aromatic rings. The van der Waals surface area contributed by atoms with Gasteiger partial charge in [0, 0.05) is 31.8 Å². The summed E-state index contributed by atoms with van der Waals surface area (Å²) in [5, 5.41) is 8.59. The van der Waals surface area contributed by atoms with Crippen LogP contribution in [0.3, 0.4) is 0 Å². The van der Waals surface area contributed by atoms with Gasteiger partial charge in [-0.15, -0.1) is 0 Å². The zero-order valence-corrected chi connectivity index (χ0v) is 17.4. The fourth-order valence-corrected chi connectivity index (χ4v) is 3.12. The molecule has 0 fully saturated rings. The lowest BCUT2D eigenvalue weighted by Gasteiger charge is -2.16. The van der Waals surface area contributed by atoms with E-state index in [0.29, 0.717) is 0 Å². The Morgan fingerprint density at radius 2 is 1.91 bits per heavy atom. The maximum absolute atomic E-state index is 14.6. The predicted octanol–water partition coefficient (Wildman–Crippen LogP) is 3.55. The van der Waals surface area contributed by atoms with Crippen LogP contribution in [0, 0.1) is 5.82 Å². The van der Waals surface area contributed by atoms with Crippen LogP contribution in [0.5, 0.6) is 11.5 Å². The Labute approximate surface area is 187 Å². The highest BCUT2D eigenvalue weighted by Gasteiger charge is 2.35. The third kappa shape index (κ3) is 5.06. The number of carboxylic acids is 1. The second kappa shape index (κ2) is 9.06. The fraction of sp³-hybridized carbons (Fsp3) is 0.200. The minimum absolute atomic E-state index is 0.00389. The summed E-state index contributed by atoms with van der Waals surface area (Å²) in [6.45, 7) is 0. The highest BCUT2D eigenvalue weighted by Crippen LogP contribution is 2.34. The molecular formula is C20H14ClF4N3O5. The summed E-state index contributed by atoms with van der Waals surface area (Å²) in [7, 11) is 0.788. The second-order valence-corrected chi connectivity index (χ2v) is 7.13. The average Bonchev–Trinajstić information content (AvgIpc) is 2.72. The van der Waals surface area contributed by atoms with Crippen molar-refractivity contribution in [1.29, 1.82) is 0 Å². The van der Waals surface area contributed by atoms with E-state index in [1.165, 1.54) is 18.3 Å². The van der Waals surface area contributed by atoms with Gasteiger partial charge in [-0.05, 0) is 18.2 Å². The van der Waals surface area contributed by atoms with Crippen LogP contribution >= 0.6 is 11.6 Å². The van der Waals surface area contributed by atoms with Gasteiger partial charge in [0.2, 0.25) is 0 Å². The highest BCUT2D eigenvalue weighted by atomic mass is 35.5. The molecule has 0 aliphatic carbocycles. The molecule has 2 aromatic heterocycles. The molecule has 0 aliphatic heterocycles. The number of hydrogen-bond acceptors (Lipinski definition) is 5. The van der Waals surface area contributed by atoms with Crippen molar-refractivity contribution in [2.45, 2.75) is 19.0 Å². The largest absolute Gasteiger partial charge is 0.481 e. The van der Waals surface area contributed by atoms with Crippen molar-refractivity contribution < 1.29 is 32.2 Å². The van der Waals surface area contributed by atoms with E-state index < -0.39 is 40.6 Å². The van der Waals surface area contributed by atoms with Crippen LogP contribution in [0.2, 0.25) is 5.02 Å². The van der Waals surface area contributed by atoms with E-state index in [1.54, 1.807) is 0 Å². The van der Waals surface area contributed by atoms with E-state index in [0.717, 1.165) is 19.2 Å². The lowest BCUT2D eigenvalue weighted by molar-refractivity contribution is -0.144. The molecule has 0 saturated carbocycles. The summed E-state index contributed by atoms with van der Waals surface area (Å²) in [5.41, 5.74) is -4.81. The third-order valence-corrected chi connectivity index (χ3v) is 4.79. The van der Waals surface area contributed by atoms with E-state index in [2.05, 4.69) is 4.98 Å². The number of benzene rings is 1. The molecule has 1 N–H and O–H groups in total. The van der Waals surface area contributed by atoms with Gasteiger partial charge in [-0.1, -0.05) is 11.6 Å². The van der Waals surface area contributed by atoms with E-state index in [-0.39, 0.29) is 50.3 Å². The summed E-state index contributed by atoms with van der Waals surface area (Å²) in [5.74, 6) is -2.41. The Morgan fingerprint density at radius 3 is 2.55 bits per heavy atom. The molecule has 2 heterocycles. The molecule has 8 nitrogen and oxygen atoms in total. The van der Waals surface area contributed by atoms with Gasteiger partial charge in [0.05, 0.1) is 22.8 Å². The summed E-state index contributed by atoms with van der Waals surface area (Å²) < 4.78 is 59.8. The number of hydrogen-bond donors (Lipinski definition) is 1. The van der Waals surface area contributed by atoms with Crippen molar-refractivity contribution in [2.24, 2.45) is 7.05 Å². The molecule has 0 unspecified atom stereocenters. The van der Waals surface area contributed by atoms with Crippen LogP contribution in [-0.2, 0) is 24.4 Å². The van der Waals surface area contributed by atoms with Crippen LogP contribution in [0.25, 0.3) is 5.69 Å². The Morgan fingerprint density at radius 1 is 1.21 bits per heavy atom. The number of ether oxygens (including phenoxy) is 1. The minimum atomic E-state index is -4.98. The summed E-state index contributed by atoms with van der Waals surface area (Å²) >= 11 is 6.02. The molecule has 0 radical (unpaired) electrons. The molecule has 3 rings (SSSR count). The van der Waals surface area contributed by atoms with Crippen molar-refractivity contribution in [3.8, 4) is 17.2 Å². The number of rotatable bonds is 6. The number of aromatic nitrogens is 3. The molecule has 174 valence electrons. The van der Waals surface area contributed by atoms with Gasteiger partial charge in [0.25, 0.3) is 5.56 Å². The standard InChI is InChI=1S/C20H14ClF4N3O5/c1-27-16(20(23,24)25)9-17(29)28(19(27)32)13-8-15(10(21)7-11(13)22)33-14-3-2-6-26-12(14)4-5-18(30)31/h2-3,6-9H,4-5H2,1H3,(H,30,31). The minimum Gasteiger partial charge on any atom is -0.481 e. The number of carboxylic acid groups (broad SMARTS) is 1. The van der Waals surface area contributed by atoms with Crippen molar-refractivity contribution in [1.82, 2.24) is 14.1 Å². The second-order valence-electron chi connectivity index (χ2n) is 6.72. The zero-order chi connectivity index (χ0) is 24.5. The normalized spacial score (nSPS) is 11.5. The molecule has 0 aliphatic rings. The number of pyridine rings is 1. The number of carbonyl (C=O) groups is 1. The van der Waals surface area contributed by atoms with Gasteiger partial charge >= 0.3 is 17.8 Å². The van der Waals surface area contributed by atoms with Crippen molar-refractivity contribution in [3.05, 3.63) is 79.6 Å². The summed E-state index contributed by atoms with van der Waals surface area (Å²) in [6, 6.07) is 4.69. The number of nitrogens with zero attached hydrogens (tertiary/aromatic N) is 3. The highest BCUT2D eigenvalue weighted by molar-refractivity contribution is 6.32. The van der Waals surface area contributed by atoms with Crippen LogP contribution in [-0.4, -0.2) is 25.2 Å². The first-order valence-electron chi connectivity index (χ1n) is 9.13. The van der Waals surface area contributed by atoms with Gasteiger partial charge in [-0.25, -0.2) is 13.8 Å². The topological polar surface area (TPSA) is 103 Å². The monoisotopic (exact) mass is 487 g/mol. The lowest BCUT2D eigenvalue weighted by atomic mass is 10.2. The number of aliphatic carboxylic acids is 1. The Bertz CT molecular complexity index is 1350. The molecule has 13 heteroatoms. The summed E-state index contributed by atoms with van der Waals surface area (Å²) in [6.07, 6.45) is -3.85. The van der Waals surface area contributed by atoms with Crippen LogP contribution in [0.1, 0.15) is 17.8 Å². The number of alkyl halides is 3. The van der Waals surface area contributed by atoms with Gasteiger partial charge in [-0.2, -0.15) is 13.2 Å². The zero-order valence-electron chi connectivity index (χ0n) is 16.7. The van der Waals surface area contributed by atoms with Crippen molar-refractivity contribution in [3.63, 3.8) is 0 Å². The average molecular weight is 488 g/mol. The Balaban J connectivity index is 2.12. The molecule has 33 heavy (non-hydrogen) atoms. The van der Waals surface area contributed by atoms with Gasteiger partial charge < -0.3 is 9.84 Å². The maximum Gasteiger partial charge on any atom is 0.431 e. The van der Waals surface area contributed by atoms with Crippen molar-refractivity contribution in [2.75, 3.05) is 0 Å². The Kier molecular flexibility index (Phi) is 6.58. The first-order valence-corrected chi connectivity index (χ1v) is 9.51. The van der Waals surface area contributed by atoms with Crippen LogP contribution < -0.4 is 16.0 Å².